The Morgan fingerprint density at radius 2 is 1.56 bits per heavy atom. The number of amides is 2. The first-order chi connectivity index (χ1) is 26.4. The Balaban J connectivity index is 0.908. The molecule has 3 fully saturated rings. The van der Waals surface area contributed by atoms with Crippen LogP contribution in [0.1, 0.15) is 62.5 Å². The lowest BCUT2D eigenvalue weighted by Gasteiger charge is -2.37. The third-order valence-electron chi connectivity index (χ3n) is 11.7. The number of aromatic nitrogens is 1. The molecule has 55 heavy (non-hydrogen) atoms. The first-order valence-electron chi connectivity index (χ1n) is 19.1. The quantitative estimate of drug-likeness (QED) is 0.158. The number of methoxy groups -OCH3 is 1. The van der Waals surface area contributed by atoms with Crippen LogP contribution in [0.25, 0.3) is 21.9 Å². The van der Waals surface area contributed by atoms with Crippen molar-refractivity contribution in [1.29, 1.82) is 0 Å². The third-order valence-corrected chi connectivity index (χ3v) is 12.0. The van der Waals surface area contributed by atoms with Gasteiger partial charge in [0.1, 0.15) is 11.8 Å². The Kier molecular flexibility index (Phi) is 11.5. The molecule has 2 N–H and O–H groups in total. The summed E-state index contributed by atoms with van der Waals surface area (Å²) in [6.07, 6.45) is 3.69. The van der Waals surface area contributed by atoms with Crippen LogP contribution >= 0.6 is 11.6 Å². The van der Waals surface area contributed by atoms with Crippen LogP contribution in [0.3, 0.4) is 0 Å². The number of likely N-dealkylation sites (tertiary alicyclic amines) is 1. The molecule has 292 valence electrons. The van der Waals surface area contributed by atoms with Gasteiger partial charge < -0.3 is 19.5 Å². The summed E-state index contributed by atoms with van der Waals surface area (Å²) in [7, 11) is 3.41. The number of carbonyl (C=O) groups is 2. The van der Waals surface area contributed by atoms with E-state index in [4.69, 9.17) is 16.3 Å². The molecule has 1 atom stereocenters. The van der Waals surface area contributed by atoms with E-state index in [9.17, 15) is 27.6 Å². The van der Waals surface area contributed by atoms with Crippen LogP contribution in [0.4, 0.5) is 24.5 Å². The van der Waals surface area contributed by atoms with Gasteiger partial charge in [0, 0.05) is 72.2 Å². The molecule has 2 amide bonds. The Morgan fingerprint density at radius 1 is 0.891 bits per heavy atom. The van der Waals surface area contributed by atoms with Crippen molar-refractivity contribution in [3.05, 3.63) is 87.3 Å². The molecule has 3 aliphatic heterocycles. The zero-order chi connectivity index (χ0) is 38.9. The van der Waals surface area contributed by atoms with Crippen molar-refractivity contribution in [3.63, 3.8) is 0 Å². The summed E-state index contributed by atoms with van der Waals surface area (Å²) in [5, 5.41) is 7.26. The van der Waals surface area contributed by atoms with E-state index in [0.29, 0.717) is 41.9 Å². The standard InChI is InChI=1S/C42H47ClF3N5O4/c1-49-24-32(30-5-3-4-6-31(30)41(49)54)28-21-35(43)33(38(22-28)55-2)25-50-17-13-26(14-18-50)7-8-27-15-19-51(20-16-27)37-11-9-29(23-34(37)42(44,45)46)47-36-10-12-39(52)48-40(36)53/h3-6,9,11,21-24,26-27,36,47H,7-8,10,12-20,25H2,1-2H3,(H,48,52,53). The molecule has 1 unspecified atom stereocenters. The fourth-order valence-corrected chi connectivity index (χ4v) is 8.77. The molecule has 3 aliphatic rings. The minimum absolute atomic E-state index is 0.0481. The van der Waals surface area contributed by atoms with Gasteiger partial charge in [-0.1, -0.05) is 42.6 Å². The molecule has 1 aromatic heterocycles. The molecule has 13 heteroatoms. The van der Waals surface area contributed by atoms with Gasteiger partial charge in [-0.25, -0.2) is 0 Å². The summed E-state index contributed by atoms with van der Waals surface area (Å²) in [5.74, 6) is 0.898. The summed E-state index contributed by atoms with van der Waals surface area (Å²) < 4.78 is 50.2. The Bertz CT molecular complexity index is 2120. The molecule has 4 aromatic rings. The maximum absolute atomic E-state index is 14.2. The molecule has 9 nitrogen and oxygen atoms in total. The number of nitrogens with zero attached hydrogens (tertiary/aromatic N) is 3. The van der Waals surface area contributed by atoms with E-state index in [1.54, 1.807) is 24.8 Å². The van der Waals surface area contributed by atoms with E-state index in [-0.39, 0.29) is 35.7 Å². The lowest BCUT2D eigenvalue weighted by molar-refractivity contribution is -0.137. The largest absolute Gasteiger partial charge is 0.496 e. The van der Waals surface area contributed by atoms with Crippen molar-refractivity contribution < 1.29 is 27.5 Å². The van der Waals surface area contributed by atoms with Crippen LogP contribution in [-0.4, -0.2) is 60.6 Å². The Morgan fingerprint density at radius 3 is 2.22 bits per heavy atom. The fourth-order valence-electron chi connectivity index (χ4n) is 8.50. The van der Waals surface area contributed by atoms with E-state index in [1.165, 1.54) is 6.07 Å². The number of nitrogens with one attached hydrogen (secondary N) is 2. The van der Waals surface area contributed by atoms with E-state index in [1.807, 2.05) is 47.5 Å². The molecule has 3 saturated heterocycles. The summed E-state index contributed by atoms with van der Waals surface area (Å²) >= 11 is 6.94. The number of imide groups is 1. The van der Waals surface area contributed by atoms with Gasteiger partial charge in [0.25, 0.3) is 5.56 Å². The maximum Gasteiger partial charge on any atom is 0.418 e. The SMILES string of the molecule is COc1cc(-c2cn(C)c(=O)c3ccccc23)cc(Cl)c1CN1CCC(CCC2CCN(c3ccc(NC4CCC(=O)NC4=O)cc3C(F)(F)F)CC2)CC1. The van der Waals surface area contributed by atoms with E-state index in [0.717, 1.165) is 85.5 Å². The van der Waals surface area contributed by atoms with Crippen molar-refractivity contribution in [2.75, 3.05) is 43.5 Å². The predicted octanol–water partition coefficient (Wildman–Crippen LogP) is 8.01. The van der Waals surface area contributed by atoms with Crippen molar-refractivity contribution in [2.45, 2.75) is 70.1 Å². The number of piperidine rings is 3. The average Bonchev–Trinajstić information content (AvgIpc) is 3.17. The number of fused-ring (bicyclic) bond motifs is 1. The molecule has 4 heterocycles. The van der Waals surface area contributed by atoms with Crippen LogP contribution in [-0.2, 0) is 29.4 Å². The fraction of sp³-hybridized carbons (Fsp3) is 0.452. The van der Waals surface area contributed by atoms with Gasteiger partial charge in [0.15, 0.2) is 0 Å². The van der Waals surface area contributed by atoms with Crippen LogP contribution in [0.2, 0.25) is 5.02 Å². The van der Waals surface area contributed by atoms with Crippen molar-refractivity contribution >= 4 is 45.6 Å². The minimum atomic E-state index is -4.55. The number of benzene rings is 3. The number of hydrogen-bond acceptors (Lipinski definition) is 7. The van der Waals surface area contributed by atoms with Crippen LogP contribution < -0.4 is 25.8 Å². The Hall–Kier alpha value is -4.55. The second-order valence-electron chi connectivity index (χ2n) is 15.2. The highest BCUT2D eigenvalue weighted by Crippen LogP contribution is 2.41. The highest BCUT2D eigenvalue weighted by Gasteiger charge is 2.37. The maximum atomic E-state index is 14.2. The number of aryl methyl sites for hydroxylation is 1. The van der Waals surface area contributed by atoms with Crippen LogP contribution in [0.15, 0.2) is 65.6 Å². The molecular formula is C42H47ClF3N5O4. The predicted molar refractivity (Wildman–Crippen MR) is 210 cm³/mol. The first-order valence-corrected chi connectivity index (χ1v) is 19.5. The minimum Gasteiger partial charge on any atom is -0.496 e. The number of ether oxygens (including phenoxy) is 1. The van der Waals surface area contributed by atoms with Crippen molar-refractivity contribution in [3.8, 4) is 16.9 Å². The monoisotopic (exact) mass is 777 g/mol. The van der Waals surface area contributed by atoms with Crippen molar-refractivity contribution in [2.24, 2.45) is 18.9 Å². The van der Waals surface area contributed by atoms with Gasteiger partial charge in [-0.05, 0) is 104 Å². The first kappa shape index (κ1) is 38.7. The molecule has 7 rings (SSSR count). The van der Waals surface area contributed by atoms with Gasteiger partial charge in [0.2, 0.25) is 11.8 Å². The summed E-state index contributed by atoms with van der Waals surface area (Å²) in [6.45, 7) is 3.70. The second-order valence-corrected chi connectivity index (χ2v) is 15.7. The molecule has 0 aliphatic carbocycles. The van der Waals surface area contributed by atoms with E-state index < -0.39 is 23.7 Å². The smallest absolute Gasteiger partial charge is 0.418 e. The zero-order valence-electron chi connectivity index (χ0n) is 31.2. The molecule has 3 aromatic carbocycles. The molecule has 0 bridgehead atoms. The number of alkyl halides is 3. The summed E-state index contributed by atoms with van der Waals surface area (Å²) in [4.78, 5) is 40.6. The normalized spacial score (nSPS) is 19.2. The number of halogens is 4. The average molecular weight is 778 g/mol. The zero-order valence-corrected chi connectivity index (χ0v) is 31.9. The number of rotatable bonds is 10. The number of pyridine rings is 1. The number of carbonyl (C=O) groups excluding carboxylic acids is 2. The molecule has 0 saturated carbocycles. The van der Waals surface area contributed by atoms with Gasteiger partial charge in [-0.15, -0.1) is 0 Å². The van der Waals surface area contributed by atoms with Crippen LogP contribution in [0.5, 0.6) is 5.75 Å². The van der Waals surface area contributed by atoms with Gasteiger partial charge in [-0.3, -0.25) is 24.6 Å². The van der Waals surface area contributed by atoms with Gasteiger partial charge in [0.05, 0.1) is 12.7 Å². The molecular weight excluding hydrogens is 731 g/mol. The highest BCUT2D eigenvalue weighted by atomic mass is 35.5. The van der Waals surface area contributed by atoms with Gasteiger partial charge >= 0.3 is 6.18 Å². The lowest BCUT2D eigenvalue weighted by atomic mass is 9.85. The van der Waals surface area contributed by atoms with E-state index in [2.05, 4.69) is 15.5 Å². The molecule has 0 radical (unpaired) electrons. The number of anilines is 2. The van der Waals surface area contributed by atoms with Crippen LogP contribution in [0, 0.1) is 11.8 Å². The number of hydrogen-bond donors (Lipinski definition) is 2. The summed E-state index contributed by atoms with van der Waals surface area (Å²) in [5.41, 5.74) is 2.35. The van der Waals surface area contributed by atoms with E-state index >= 15 is 0 Å². The third kappa shape index (κ3) is 8.65. The summed E-state index contributed by atoms with van der Waals surface area (Å²) in [6, 6.07) is 15.0. The van der Waals surface area contributed by atoms with Crippen molar-refractivity contribution in [1.82, 2.24) is 14.8 Å². The highest BCUT2D eigenvalue weighted by molar-refractivity contribution is 6.32. The Labute approximate surface area is 323 Å². The topological polar surface area (TPSA) is 95.9 Å². The second kappa shape index (κ2) is 16.3. The molecule has 0 spiro atoms. The lowest BCUT2D eigenvalue weighted by Crippen LogP contribution is -2.47. The van der Waals surface area contributed by atoms with Gasteiger partial charge in [-0.2, -0.15) is 13.2 Å².